The molecule has 4 saturated heterocycles. The Bertz CT molecular complexity index is 438. The summed E-state index contributed by atoms with van der Waals surface area (Å²) in [5.74, 6) is 0.884. The quantitative estimate of drug-likeness (QED) is 0.730. The molecular weight excluding hydrogens is 343 g/mol. The minimum absolute atomic E-state index is 0.675. The van der Waals surface area contributed by atoms with Crippen molar-refractivity contribution in [2.75, 3.05) is 31.2 Å². The van der Waals surface area contributed by atoms with Crippen LogP contribution in [0.25, 0.3) is 0 Å². The van der Waals surface area contributed by atoms with E-state index in [-0.39, 0.29) is 0 Å². The molecule has 5 heterocycles. The van der Waals surface area contributed by atoms with Crippen molar-refractivity contribution in [1.82, 2.24) is 14.9 Å². The van der Waals surface area contributed by atoms with Crippen LogP contribution >= 0.6 is 22.6 Å². The Morgan fingerprint density at radius 2 is 1.78 bits per heavy atom. The molecule has 1 aromatic rings. The summed E-state index contributed by atoms with van der Waals surface area (Å²) in [5, 5.41) is 0. The standard InChI is InChI=1S/C12H15IN4O/c13-8-2-14-12(15-3-8)16-4-9-1-10(5-16)17(9)11-6-18-7-11/h2-3,9-11H,1,4-7H2. The molecule has 4 fully saturated rings. The number of hydrogen-bond acceptors (Lipinski definition) is 5. The smallest absolute Gasteiger partial charge is 0.225 e. The number of fused-ring (bicyclic) bond motifs is 2. The van der Waals surface area contributed by atoms with Crippen LogP contribution in [-0.4, -0.2) is 59.3 Å². The van der Waals surface area contributed by atoms with Crippen molar-refractivity contribution in [3.8, 4) is 0 Å². The maximum absolute atomic E-state index is 5.30. The lowest BCUT2D eigenvalue weighted by atomic mass is 9.85. The molecule has 5 rings (SSSR count). The van der Waals surface area contributed by atoms with Gasteiger partial charge in [-0.2, -0.15) is 0 Å². The third-order valence-corrected chi connectivity index (χ3v) is 4.74. The SMILES string of the molecule is Ic1cnc(N2CC3CC(C2)N3C2COC2)nc1. The van der Waals surface area contributed by atoms with E-state index in [1.165, 1.54) is 6.42 Å². The van der Waals surface area contributed by atoms with E-state index in [1.807, 2.05) is 12.4 Å². The Balaban J connectivity index is 1.47. The lowest BCUT2D eigenvalue weighted by Crippen LogP contribution is -2.74. The second-order valence-corrected chi connectivity index (χ2v) is 6.53. The van der Waals surface area contributed by atoms with Crippen molar-refractivity contribution in [3.63, 3.8) is 0 Å². The number of halogens is 1. The van der Waals surface area contributed by atoms with Crippen LogP contribution in [0.4, 0.5) is 5.95 Å². The van der Waals surface area contributed by atoms with Gasteiger partial charge in [-0.25, -0.2) is 9.97 Å². The van der Waals surface area contributed by atoms with Crippen molar-refractivity contribution in [1.29, 1.82) is 0 Å². The summed E-state index contributed by atoms with van der Waals surface area (Å²) in [4.78, 5) is 13.8. The van der Waals surface area contributed by atoms with Gasteiger partial charge in [-0.05, 0) is 29.0 Å². The molecule has 0 radical (unpaired) electrons. The molecule has 5 nitrogen and oxygen atoms in total. The maximum Gasteiger partial charge on any atom is 0.225 e. The van der Waals surface area contributed by atoms with Crippen molar-refractivity contribution >= 4 is 28.5 Å². The Hall–Kier alpha value is -0.470. The van der Waals surface area contributed by atoms with E-state index in [1.54, 1.807) is 0 Å². The highest BCUT2D eigenvalue weighted by Gasteiger charge is 2.49. The number of rotatable bonds is 2. The molecule has 0 amide bonds. The molecule has 0 spiro atoms. The van der Waals surface area contributed by atoms with Crippen LogP contribution in [0.3, 0.4) is 0 Å². The van der Waals surface area contributed by atoms with Gasteiger partial charge in [-0.1, -0.05) is 0 Å². The van der Waals surface area contributed by atoms with Gasteiger partial charge in [0.15, 0.2) is 0 Å². The zero-order chi connectivity index (χ0) is 12.1. The minimum atomic E-state index is 0.675. The normalized spacial score (nSPS) is 31.9. The van der Waals surface area contributed by atoms with Crippen LogP contribution in [0, 0.1) is 3.57 Å². The van der Waals surface area contributed by atoms with Gasteiger partial charge in [0.25, 0.3) is 0 Å². The molecule has 6 heteroatoms. The highest BCUT2D eigenvalue weighted by Crippen LogP contribution is 2.36. The van der Waals surface area contributed by atoms with Crippen molar-refractivity contribution < 1.29 is 4.74 Å². The van der Waals surface area contributed by atoms with Crippen molar-refractivity contribution in [3.05, 3.63) is 16.0 Å². The second-order valence-electron chi connectivity index (χ2n) is 5.29. The molecule has 1 aromatic heterocycles. The van der Waals surface area contributed by atoms with Gasteiger partial charge in [-0.15, -0.1) is 0 Å². The first-order valence-electron chi connectivity index (χ1n) is 6.39. The zero-order valence-electron chi connectivity index (χ0n) is 10.00. The van der Waals surface area contributed by atoms with Gasteiger partial charge in [0.2, 0.25) is 5.95 Å². The number of aromatic nitrogens is 2. The van der Waals surface area contributed by atoms with Gasteiger partial charge in [0.1, 0.15) is 0 Å². The summed E-state index contributed by atoms with van der Waals surface area (Å²) < 4.78 is 6.39. The summed E-state index contributed by atoms with van der Waals surface area (Å²) in [7, 11) is 0. The van der Waals surface area contributed by atoms with E-state index in [2.05, 4.69) is 42.4 Å². The lowest BCUT2D eigenvalue weighted by molar-refractivity contribution is -0.142. The summed E-state index contributed by atoms with van der Waals surface area (Å²) in [6, 6.07) is 2.04. The number of anilines is 1. The summed E-state index contributed by atoms with van der Waals surface area (Å²) in [6.45, 7) is 3.97. The number of hydrogen-bond donors (Lipinski definition) is 0. The Morgan fingerprint density at radius 1 is 1.11 bits per heavy atom. The van der Waals surface area contributed by atoms with E-state index in [0.717, 1.165) is 35.8 Å². The summed E-state index contributed by atoms with van der Waals surface area (Å²) in [5.41, 5.74) is 0. The molecule has 0 aromatic carbocycles. The molecule has 18 heavy (non-hydrogen) atoms. The number of piperazine rings is 1. The first kappa shape index (κ1) is 11.4. The lowest BCUT2D eigenvalue weighted by Gasteiger charge is -2.60. The van der Waals surface area contributed by atoms with Gasteiger partial charge < -0.3 is 9.64 Å². The molecule has 4 aliphatic rings. The molecule has 0 N–H and O–H groups in total. The van der Waals surface area contributed by atoms with Crippen LogP contribution in [0.5, 0.6) is 0 Å². The van der Waals surface area contributed by atoms with E-state index in [9.17, 15) is 0 Å². The fourth-order valence-corrected chi connectivity index (χ4v) is 3.54. The topological polar surface area (TPSA) is 41.5 Å². The first-order valence-corrected chi connectivity index (χ1v) is 7.47. The molecule has 96 valence electrons. The third-order valence-electron chi connectivity index (χ3n) is 4.18. The zero-order valence-corrected chi connectivity index (χ0v) is 12.2. The van der Waals surface area contributed by atoms with Crippen LogP contribution in [0.1, 0.15) is 6.42 Å². The average Bonchev–Trinajstić information content (AvgIpc) is 2.34. The van der Waals surface area contributed by atoms with Crippen LogP contribution in [0.2, 0.25) is 0 Å². The monoisotopic (exact) mass is 358 g/mol. The van der Waals surface area contributed by atoms with Crippen LogP contribution in [0.15, 0.2) is 12.4 Å². The second kappa shape index (κ2) is 4.28. The molecule has 2 bridgehead atoms. The molecule has 4 aliphatic heterocycles. The number of piperidine rings is 1. The van der Waals surface area contributed by atoms with E-state index >= 15 is 0 Å². The third kappa shape index (κ3) is 1.73. The largest absolute Gasteiger partial charge is 0.378 e. The molecule has 2 atom stereocenters. The summed E-state index contributed by atoms with van der Waals surface area (Å²) >= 11 is 2.24. The fourth-order valence-electron chi connectivity index (χ4n) is 3.26. The molecule has 2 unspecified atom stereocenters. The van der Waals surface area contributed by atoms with Crippen LogP contribution in [-0.2, 0) is 4.74 Å². The van der Waals surface area contributed by atoms with Gasteiger partial charge >= 0.3 is 0 Å². The highest BCUT2D eigenvalue weighted by molar-refractivity contribution is 14.1. The van der Waals surface area contributed by atoms with Crippen molar-refractivity contribution in [2.45, 2.75) is 24.5 Å². The van der Waals surface area contributed by atoms with Gasteiger partial charge in [-0.3, -0.25) is 4.90 Å². The van der Waals surface area contributed by atoms with Gasteiger partial charge in [0.05, 0.1) is 19.3 Å². The Morgan fingerprint density at radius 3 is 2.33 bits per heavy atom. The Labute approximate surface area is 120 Å². The first-order chi connectivity index (χ1) is 8.81. The maximum atomic E-state index is 5.30. The van der Waals surface area contributed by atoms with E-state index in [0.29, 0.717) is 18.1 Å². The predicted octanol–water partition coefficient (Wildman–Crippen LogP) is 0.743. The molecular formula is C12H15IN4O. The number of ether oxygens (including phenoxy) is 1. The Kier molecular flexibility index (Phi) is 2.70. The highest BCUT2D eigenvalue weighted by atomic mass is 127. The minimum Gasteiger partial charge on any atom is -0.378 e. The number of nitrogens with zero attached hydrogens (tertiary/aromatic N) is 4. The predicted molar refractivity (Wildman–Crippen MR) is 75.6 cm³/mol. The average molecular weight is 358 g/mol. The van der Waals surface area contributed by atoms with Gasteiger partial charge in [0, 0.05) is 41.1 Å². The summed E-state index contributed by atoms with van der Waals surface area (Å²) in [6.07, 6.45) is 5.11. The van der Waals surface area contributed by atoms with Crippen LogP contribution < -0.4 is 4.90 Å². The molecule has 0 aliphatic carbocycles. The molecule has 0 saturated carbocycles. The van der Waals surface area contributed by atoms with E-state index < -0.39 is 0 Å². The fraction of sp³-hybridized carbons (Fsp3) is 0.667. The van der Waals surface area contributed by atoms with E-state index in [4.69, 9.17) is 4.74 Å². The van der Waals surface area contributed by atoms with Crippen molar-refractivity contribution in [2.24, 2.45) is 0 Å².